The number of aromatic nitrogens is 1. The number of rotatable bonds is 1. The van der Waals surface area contributed by atoms with E-state index >= 15 is 0 Å². The largest absolute Gasteiger partial charge is 0.348 e. The first kappa shape index (κ1) is 10.4. The number of hydrogen-bond donors (Lipinski definition) is 1. The Balaban J connectivity index is 2.25. The Morgan fingerprint density at radius 2 is 2.35 bits per heavy atom. The van der Waals surface area contributed by atoms with Gasteiger partial charge in [0.15, 0.2) is 0 Å². The van der Waals surface area contributed by atoms with E-state index in [1.54, 1.807) is 0 Å². The van der Waals surface area contributed by atoms with Crippen LogP contribution in [0.5, 0.6) is 0 Å². The molecule has 2 aromatic heterocycles. The summed E-state index contributed by atoms with van der Waals surface area (Å²) in [6.07, 6.45) is 1.18. The minimum atomic E-state index is -0.421. The zero-order valence-corrected chi connectivity index (χ0v) is 9.90. The van der Waals surface area contributed by atoms with Gasteiger partial charge in [0.2, 0.25) is 0 Å². The minimum absolute atomic E-state index is 0.243. The fraction of sp³-hybridized carbons (Fsp3) is 0.167. The van der Waals surface area contributed by atoms with Gasteiger partial charge in [-0.2, -0.15) is 0 Å². The van der Waals surface area contributed by atoms with Crippen molar-refractivity contribution >= 4 is 17.2 Å². The Kier molecular flexibility index (Phi) is 2.22. The molecule has 1 N–H and O–H groups in total. The molecule has 5 heteroatoms. The zero-order chi connectivity index (χ0) is 12.0. The van der Waals surface area contributed by atoms with Crippen LogP contribution in [0.1, 0.15) is 21.5 Å². The Morgan fingerprint density at radius 1 is 1.53 bits per heavy atom. The topological polar surface area (TPSA) is 42.0 Å². The first-order chi connectivity index (χ1) is 8.16. The summed E-state index contributed by atoms with van der Waals surface area (Å²) in [6, 6.07) is 1.96. The van der Waals surface area contributed by atoms with Gasteiger partial charge in [-0.15, -0.1) is 11.3 Å². The molecule has 3 nitrogen and oxygen atoms in total. The number of fused-ring (bicyclic) bond motifs is 1. The quantitative estimate of drug-likeness (QED) is 0.842. The molecule has 1 aliphatic rings. The molecule has 0 spiro atoms. The fourth-order valence-electron chi connectivity index (χ4n) is 1.94. The maximum atomic E-state index is 13.5. The third-order valence-corrected chi connectivity index (χ3v) is 3.81. The highest BCUT2D eigenvalue weighted by Gasteiger charge is 2.27. The Bertz CT molecular complexity index is 621. The molecule has 0 atom stereocenters. The summed E-state index contributed by atoms with van der Waals surface area (Å²) >= 11 is 1.51. The summed E-state index contributed by atoms with van der Waals surface area (Å²) in [7, 11) is 0. The number of amides is 1. The van der Waals surface area contributed by atoms with E-state index in [1.807, 2.05) is 18.4 Å². The highest BCUT2D eigenvalue weighted by Crippen LogP contribution is 2.32. The number of hydrogen-bond acceptors (Lipinski definition) is 3. The Labute approximate surface area is 101 Å². The van der Waals surface area contributed by atoms with Crippen LogP contribution < -0.4 is 5.32 Å². The number of carbonyl (C=O) groups excluding carboxylic acids is 1. The predicted molar refractivity (Wildman–Crippen MR) is 63.4 cm³/mol. The van der Waals surface area contributed by atoms with E-state index in [0.717, 1.165) is 10.4 Å². The number of pyridine rings is 1. The molecule has 86 valence electrons. The minimum Gasteiger partial charge on any atom is -0.348 e. The smallest absolute Gasteiger partial charge is 0.254 e. The molecular weight excluding hydrogens is 239 g/mol. The second-order valence-corrected chi connectivity index (χ2v) is 4.89. The van der Waals surface area contributed by atoms with Crippen molar-refractivity contribution in [1.82, 2.24) is 10.3 Å². The summed E-state index contributed by atoms with van der Waals surface area (Å²) in [5.74, 6) is -0.663. The number of nitrogens with zero attached hydrogens (tertiary/aromatic N) is 1. The summed E-state index contributed by atoms with van der Waals surface area (Å²) in [5.41, 5.74) is 2.50. The van der Waals surface area contributed by atoms with Crippen molar-refractivity contribution in [3.63, 3.8) is 0 Å². The normalized spacial score (nSPS) is 13.6. The number of aryl methyl sites for hydroxylation is 1. The highest BCUT2D eigenvalue weighted by molar-refractivity contribution is 7.13. The van der Waals surface area contributed by atoms with Crippen LogP contribution in [-0.4, -0.2) is 10.9 Å². The van der Waals surface area contributed by atoms with Crippen LogP contribution in [0.3, 0.4) is 0 Å². The van der Waals surface area contributed by atoms with Gasteiger partial charge in [0.05, 0.1) is 22.3 Å². The molecular formula is C12H9FN2OS. The van der Waals surface area contributed by atoms with Gasteiger partial charge in [0, 0.05) is 12.1 Å². The molecule has 2 aromatic rings. The van der Waals surface area contributed by atoms with Gasteiger partial charge in [-0.05, 0) is 23.9 Å². The van der Waals surface area contributed by atoms with Crippen LogP contribution in [0.4, 0.5) is 4.39 Å². The summed E-state index contributed by atoms with van der Waals surface area (Å²) in [6.45, 7) is 2.23. The summed E-state index contributed by atoms with van der Waals surface area (Å²) in [5, 5.41) is 4.61. The van der Waals surface area contributed by atoms with E-state index < -0.39 is 5.82 Å². The van der Waals surface area contributed by atoms with Gasteiger partial charge in [-0.3, -0.25) is 9.78 Å². The van der Waals surface area contributed by atoms with Crippen molar-refractivity contribution in [3.8, 4) is 10.6 Å². The lowest BCUT2D eigenvalue weighted by molar-refractivity contribution is 0.0966. The average molecular weight is 248 g/mol. The molecule has 0 fully saturated rings. The highest BCUT2D eigenvalue weighted by atomic mass is 32.1. The van der Waals surface area contributed by atoms with Crippen molar-refractivity contribution in [1.29, 1.82) is 0 Å². The Hall–Kier alpha value is -1.75. The van der Waals surface area contributed by atoms with Crippen molar-refractivity contribution in [2.45, 2.75) is 13.5 Å². The van der Waals surface area contributed by atoms with Crippen molar-refractivity contribution in [2.24, 2.45) is 0 Å². The van der Waals surface area contributed by atoms with Crippen LogP contribution in [0.15, 0.2) is 17.6 Å². The third kappa shape index (κ3) is 1.54. The lowest BCUT2D eigenvalue weighted by Crippen LogP contribution is -2.13. The second kappa shape index (κ2) is 3.63. The number of halogens is 1. The average Bonchev–Trinajstić information content (AvgIpc) is 2.88. The van der Waals surface area contributed by atoms with Crippen LogP contribution in [0.2, 0.25) is 0 Å². The van der Waals surface area contributed by atoms with Crippen molar-refractivity contribution in [2.75, 3.05) is 0 Å². The van der Waals surface area contributed by atoms with Gasteiger partial charge in [0.1, 0.15) is 5.82 Å². The SMILES string of the molecule is Cc1csc(-c2ncc(F)c3c2C(=O)NC3)c1. The van der Waals surface area contributed by atoms with E-state index in [4.69, 9.17) is 0 Å². The van der Waals surface area contributed by atoms with Crippen molar-refractivity contribution in [3.05, 3.63) is 40.2 Å². The fourth-order valence-corrected chi connectivity index (χ4v) is 2.84. The maximum absolute atomic E-state index is 13.5. The van der Waals surface area contributed by atoms with Crippen molar-refractivity contribution < 1.29 is 9.18 Å². The van der Waals surface area contributed by atoms with Gasteiger partial charge in [-0.25, -0.2) is 4.39 Å². The van der Waals surface area contributed by atoms with Gasteiger partial charge in [0.25, 0.3) is 5.91 Å². The number of carbonyl (C=O) groups is 1. The molecule has 3 heterocycles. The molecule has 0 unspecified atom stereocenters. The lowest BCUT2D eigenvalue weighted by Gasteiger charge is -2.03. The molecule has 0 aromatic carbocycles. The lowest BCUT2D eigenvalue weighted by atomic mass is 10.1. The standard InChI is InChI=1S/C12H9FN2OS/c1-6-2-9(17-5-6)11-10-7(3-15-12(10)16)8(13)4-14-11/h2,4-5H,3H2,1H3,(H,15,16). The maximum Gasteiger partial charge on any atom is 0.254 e. The predicted octanol–water partition coefficient (Wildman–Crippen LogP) is 2.50. The van der Waals surface area contributed by atoms with Gasteiger partial charge < -0.3 is 5.32 Å². The molecule has 1 amide bonds. The molecule has 17 heavy (non-hydrogen) atoms. The van der Waals surface area contributed by atoms with Crippen LogP contribution in [0, 0.1) is 12.7 Å². The van der Waals surface area contributed by atoms with Crippen LogP contribution in [0.25, 0.3) is 10.6 Å². The second-order valence-electron chi connectivity index (χ2n) is 3.98. The van der Waals surface area contributed by atoms with E-state index in [1.165, 1.54) is 17.5 Å². The monoisotopic (exact) mass is 248 g/mol. The van der Waals surface area contributed by atoms with E-state index in [-0.39, 0.29) is 12.5 Å². The summed E-state index contributed by atoms with van der Waals surface area (Å²) in [4.78, 5) is 16.7. The van der Waals surface area contributed by atoms with E-state index in [0.29, 0.717) is 16.8 Å². The Morgan fingerprint density at radius 3 is 3.06 bits per heavy atom. The molecule has 0 radical (unpaired) electrons. The van der Waals surface area contributed by atoms with Crippen LogP contribution in [-0.2, 0) is 6.54 Å². The van der Waals surface area contributed by atoms with Gasteiger partial charge in [-0.1, -0.05) is 0 Å². The molecule has 0 saturated carbocycles. The molecule has 3 rings (SSSR count). The zero-order valence-electron chi connectivity index (χ0n) is 9.08. The molecule has 0 saturated heterocycles. The molecule has 0 bridgehead atoms. The number of thiophene rings is 1. The van der Waals surface area contributed by atoms with E-state index in [2.05, 4.69) is 10.3 Å². The third-order valence-electron chi connectivity index (χ3n) is 2.75. The van der Waals surface area contributed by atoms with Gasteiger partial charge >= 0.3 is 0 Å². The van der Waals surface area contributed by atoms with E-state index in [9.17, 15) is 9.18 Å². The molecule has 1 aliphatic heterocycles. The first-order valence-corrected chi connectivity index (χ1v) is 6.06. The number of nitrogens with one attached hydrogen (secondary N) is 1. The van der Waals surface area contributed by atoms with Crippen LogP contribution >= 0.6 is 11.3 Å². The summed E-state index contributed by atoms with van der Waals surface area (Å²) < 4.78 is 13.5. The molecule has 0 aliphatic carbocycles. The first-order valence-electron chi connectivity index (χ1n) is 5.18.